The van der Waals surface area contributed by atoms with Crippen LogP contribution in [0.2, 0.25) is 0 Å². The molecule has 102 valence electrons. The molecular formula is C13H14FNO2S2. The molecule has 19 heavy (non-hydrogen) atoms. The maximum atomic E-state index is 13.8. The van der Waals surface area contributed by atoms with E-state index in [0.717, 1.165) is 11.3 Å². The van der Waals surface area contributed by atoms with E-state index in [4.69, 9.17) is 0 Å². The van der Waals surface area contributed by atoms with Crippen LogP contribution in [0.5, 0.6) is 0 Å². The van der Waals surface area contributed by atoms with Crippen molar-refractivity contribution in [3.8, 4) is 0 Å². The van der Waals surface area contributed by atoms with Crippen molar-refractivity contribution in [3.05, 3.63) is 53.2 Å². The fraction of sp³-hybridized carbons (Fsp3) is 0.231. The van der Waals surface area contributed by atoms with Crippen LogP contribution in [-0.2, 0) is 15.6 Å². The van der Waals surface area contributed by atoms with E-state index in [1.54, 1.807) is 43.5 Å². The van der Waals surface area contributed by atoms with Crippen LogP contribution in [0, 0.1) is 5.82 Å². The second-order valence-corrected chi connectivity index (χ2v) is 7.50. The number of thiophene rings is 1. The topological polar surface area (TPSA) is 46.2 Å². The number of nitrogens with one attached hydrogen (secondary N) is 1. The van der Waals surface area contributed by atoms with E-state index < -0.39 is 21.4 Å². The maximum absolute atomic E-state index is 13.8. The molecule has 0 radical (unpaired) electrons. The van der Waals surface area contributed by atoms with Crippen LogP contribution >= 0.6 is 11.3 Å². The zero-order chi connectivity index (χ0) is 14.1. The summed E-state index contributed by atoms with van der Waals surface area (Å²) < 4.78 is 40.9. The van der Waals surface area contributed by atoms with Gasteiger partial charge in [0.15, 0.2) is 0 Å². The Morgan fingerprint density at radius 3 is 2.42 bits per heavy atom. The molecule has 1 heterocycles. The summed E-state index contributed by atoms with van der Waals surface area (Å²) in [6, 6.07) is 9.32. The molecule has 0 aliphatic rings. The van der Waals surface area contributed by atoms with Gasteiger partial charge in [-0.25, -0.2) is 17.5 Å². The minimum atomic E-state index is -3.64. The quantitative estimate of drug-likeness (QED) is 0.943. The lowest BCUT2D eigenvalue weighted by Crippen LogP contribution is -2.41. The SMILES string of the molecule is CC(C)(NS(=O)(=O)c1cccs1)c1ccccc1F. The van der Waals surface area contributed by atoms with Gasteiger partial charge in [-0.1, -0.05) is 24.3 Å². The van der Waals surface area contributed by atoms with E-state index >= 15 is 0 Å². The number of benzene rings is 1. The van der Waals surface area contributed by atoms with Gasteiger partial charge in [0.25, 0.3) is 10.0 Å². The third-order valence-electron chi connectivity index (χ3n) is 2.70. The van der Waals surface area contributed by atoms with Gasteiger partial charge in [-0.05, 0) is 31.4 Å². The largest absolute Gasteiger partial charge is 0.250 e. The fourth-order valence-corrected chi connectivity index (χ4v) is 4.21. The van der Waals surface area contributed by atoms with Crippen molar-refractivity contribution in [3.63, 3.8) is 0 Å². The van der Waals surface area contributed by atoms with Crippen molar-refractivity contribution in [1.29, 1.82) is 0 Å². The van der Waals surface area contributed by atoms with Gasteiger partial charge < -0.3 is 0 Å². The van der Waals surface area contributed by atoms with E-state index in [0.29, 0.717) is 5.56 Å². The Morgan fingerprint density at radius 1 is 1.16 bits per heavy atom. The average molecular weight is 299 g/mol. The normalized spacial score (nSPS) is 12.6. The van der Waals surface area contributed by atoms with E-state index in [1.807, 2.05) is 0 Å². The van der Waals surface area contributed by atoms with Crippen molar-refractivity contribution in [2.75, 3.05) is 0 Å². The Hall–Kier alpha value is -1.24. The molecule has 0 aliphatic heterocycles. The summed E-state index contributed by atoms with van der Waals surface area (Å²) in [5.74, 6) is -0.429. The predicted octanol–water partition coefficient (Wildman–Crippen LogP) is 3.10. The van der Waals surface area contributed by atoms with Gasteiger partial charge in [0.2, 0.25) is 0 Å². The highest BCUT2D eigenvalue weighted by atomic mass is 32.2. The lowest BCUT2D eigenvalue weighted by molar-refractivity contribution is 0.447. The summed E-state index contributed by atoms with van der Waals surface area (Å²) >= 11 is 1.13. The van der Waals surface area contributed by atoms with Crippen LogP contribution in [-0.4, -0.2) is 8.42 Å². The zero-order valence-corrected chi connectivity index (χ0v) is 12.2. The van der Waals surface area contributed by atoms with Crippen LogP contribution in [0.15, 0.2) is 46.0 Å². The average Bonchev–Trinajstić information content (AvgIpc) is 2.81. The van der Waals surface area contributed by atoms with E-state index in [-0.39, 0.29) is 4.21 Å². The standard InChI is InChI=1S/C13H14FNO2S2/c1-13(2,10-6-3-4-7-11(10)14)15-19(16,17)12-8-5-9-18-12/h3-9,15H,1-2H3. The summed E-state index contributed by atoms with van der Waals surface area (Å²) in [4.78, 5) is 0. The molecule has 0 fully saturated rings. The first-order chi connectivity index (χ1) is 8.83. The van der Waals surface area contributed by atoms with Gasteiger partial charge in [-0.2, -0.15) is 0 Å². The second-order valence-electron chi connectivity index (χ2n) is 4.64. The Morgan fingerprint density at radius 2 is 1.84 bits per heavy atom. The third-order valence-corrected chi connectivity index (χ3v) is 5.75. The first-order valence-corrected chi connectivity index (χ1v) is 8.02. The van der Waals surface area contributed by atoms with Crippen LogP contribution in [0.3, 0.4) is 0 Å². The Labute approximate surface area is 116 Å². The summed E-state index contributed by atoms with van der Waals surface area (Å²) in [6.07, 6.45) is 0. The summed E-state index contributed by atoms with van der Waals surface area (Å²) in [6.45, 7) is 3.27. The molecule has 3 nitrogen and oxygen atoms in total. The number of halogens is 1. The maximum Gasteiger partial charge on any atom is 0.250 e. The molecule has 0 saturated carbocycles. The molecule has 0 atom stereocenters. The molecule has 1 aromatic heterocycles. The molecule has 1 N–H and O–H groups in total. The first-order valence-electron chi connectivity index (χ1n) is 5.65. The van der Waals surface area contributed by atoms with Crippen molar-refractivity contribution < 1.29 is 12.8 Å². The van der Waals surface area contributed by atoms with Crippen molar-refractivity contribution in [2.24, 2.45) is 0 Å². The highest BCUT2D eigenvalue weighted by Crippen LogP contribution is 2.26. The van der Waals surface area contributed by atoms with Crippen LogP contribution < -0.4 is 4.72 Å². The molecular weight excluding hydrogens is 285 g/mol. The molecule has 0 unspecified atom stereocenters. The Kier molecular flexibility index (Phi) is 3.75. The van der Waals surface area contributed by atoms with Gasteiger partial charge in [0.05, 0.1) is 5.54 Å². The van der Waals surface area contributed by atoms with Gasteiger partial charge in [0, 0.05) is 5.56 Å². The summed E-state index contributed by atoms with van der Waals surface area (Å²) in [7, 11) is -3.64. The molecule has 0 aliphatic carbocycles. The van der Waals surface area contributed by atoms with Gasteiger partial charge >= 0.3 is 0 Å². The van der Waals surface area contributed by atoms with Crippen molar-refractivity contribution in [2.45, 2.75) is 23.6 Å². The first kappa shape index (κ1) is 14.2. The second kappa shape index (κ2) is 5.03. The minimum Gasteiger partial charge on any atom is -0.207 e. The van der Waals surface area contributed by atoms with Crippen LogP contribution in [0.25, 0.3) is 0 Å². The number of rotatable bonds is 4. The van der Waals surface area contributed by atoms with Gasteiger partial charge in [0.1, 0.15) is 10.0 Å². The predicted molar refractivity (Wildman–Crippen MR) is 74.1 cm³/mol. The zero-order valence-electron chi connectivity index (χ0n) is 10.6. The summed E-state index contributed by atoms with van der Waals surface area (Å²) in [5.41, 5.74) is -0.705. The highest BCUT2D eigenvalue weighted by molar-refractivity contribution is 7.91. The summed E-state index contributed by atoms with van der Waals surface area (Å²) in [5, 5.41) is 1.69. The fourth-order valence-electron chi connectivity index (χ4n) is 1.83. The molecule has 6 heteroatoms. The molecule has 0 bridgehead atoms. The van der Waals surface area contributed by atoms with Gasteiger partial charge in [-0.15, -0.1) is 11.3 Å². The molecule has 0 amide bonds. The minimum absolute atomic E-state index is 0.219. The van der Waals surface area contributed by atoms with E-state index in [2.05, 4.69) is 4.72 Å². The van der Waals surface area contributed by atoms with Crippen molar-refractivity contribution in [1.82, 2.24) is 4.72 Å². The number of sulfonamides is 1. The monoisotopic (exact) mass is 299 g/mol. The Balaban J connectivity index is 2.35. The lowest BCUT2D eigenvalue weighted by atomic mass is 9.95. The molecule has 2 aromatic rings. The van der Waals surface area contributed by atoms with Gasteiger partial charge in [-0.3, -0.25) is 0 Å². The third kappa shape index (κ3) is 3.02. The number of hydrogen-bond acceptors (Lipinski definition) is 3. The molecule has 1 aromatic carbocycles. The number of hydrogen-bond donors (Lipinski definition) is 1. The van der Waals surface area contributed by atoms with E-state index in [9.17, 15) is 12.8 Å². The van der Waals surface area contributed by atoms with Crippen LogP contribution in [0.1, 0.15) is 19.4 Å². The molecule has 2 rings (SSSR count). The van der Waals surface area contributed by atoms with E-state index in [1.165, 1.54) is 12.1 Å². The van der Waals surface area contributed by atoms with Crippen LogP contribution in [0.4, 0.5) is 4.39 Å². The lowest BCUT2D eigenvalue weighted by Gasteiger charge is -2.26. The van der Waals surface area contributed by atoms with Crippen molar-refractivity contribution >= 4 is 21.4 Å². The Bertz CT molecular complexity index is 664. The molecule has 0 spiro atoms. The molecule has 0 saturated heterocycles. The smallest absolute Gasteiger partial charge is 0.207 e. The highest BCUT2D eigenvalue weighted by Gasteiger charge is 2.30.